The molecule has 0 unspecified atom stereocenters. The molecule has 10 nitrogen and oxygen atoms in total. The van der Waals surface area contributed by atoms with Crippen LogP contribution in [0.3, 0.4) is 0 Å². The SMILES string of the molecule is Cn1ncc(-c2ccc3c(=O)[nH]nc(CNC(=O)OC(C)(C)C)c3c2)c1-c1cc(C2=CCOC2)ccc1C#N. The van der Waals surface area contributed by atoms with E-state index < -0.39 is 11.7 Å². The number of ether oxygens (including phenoxy) is 2. The molecule has 1 amide bonds. The normalized spacial score (nSPS) is 13.3. The standard InChI is InChI=1S/C29H28N6O4/c1-29(2,3)39-28(37)31-15-25-23-12-18(7-8-21(23)27(36)34-33-25)24-14-32-35(4)26(24)22-11-17(5-6-19(22)13-30)20-9-10-38-16-20/h5-9,11-12,14H,10,15-16H2,1-4H3,(H,31,37)(H,34,36). The van der Waals surface area contributed by atoms with Gasteiger partial charge >= 0.3 is 6.09 Å². The molecule has 10 heteroatoms. The molecule has 2 N–H and O–H groups in total. The van der Waals surface area contributed by atoms with Crippen LogP contribution in [-0.2, 0) is 23.1 Å². The largest absolute Gasteiger partial charge is 0.444 e. The minimum absolute atomic E-state index is 0.0589. The van der Waals surface area contributed by atoms with Crippen LogP contribution in [0.15, 0.2) is 53.5 Å². The molecule has 1 aliphatic heterocycles. The number of aromatic amines is 1. The van der Waals surface area contributed by atoms with E-state index in [-0.39, 0.29) is 12.1 Å². The summed E-state index contributed by atoms with van der Waals surface area (Å²) in [7, 11) is 1.83. The molecule has 0 bridgehead atoms. The van der Waals surface area contributed by atoms with Crippen molar-refractivity contribution in [3.8, 4) is 28.5 Å². The van der Waals surface area contributed by atoms with Crippen LogP contribution >= 0.6 is 0 Å². The number of hydrogen-bond donors (Lipinski definition) is 2. The Morgan fingerprint density at radius 3 is 2.69 bits per heavy atom. The number of nitrogens with one attached hydrogen (secondary N) is 2. The number of benzene rings is 2. The Morgan fingerprint density at radius 2 is 1.97 bits per heavy atom. The highest BCUT2D eigenvalue weighted by molar-refractivity contribution is 5.92. The van der Waals surface area contributed by atoms with Crippen LogP contribution < -0.4 is 10.9 Å². The first-order valence-electron chi connectivity index (χ1n) is 12.5. The first-order chi connectivity index (χ1) is 18.6. The lowest BCUT2D eigenvalue weighted by Crippen LogP contribution is -2.32. The van der Waals surface area contributed by atoms with Crippen molar-refractivity contribution in [1.82, 2.24) is 25.3 Å². The third-order valence-electron chi connectivity index (χ3n) is 6.39. The monoisotopic (exact) mass is 524 g/mol. The van der Waals surface area contributed by atoms with Gasteiger partial charge in [0.15, 0.2) is 0 Å². The quantitative estimate of drug-likeness (QED) is 0.397. The van der Waals surface area contributed by atoms with Crippen LogP contribution in [0.4, 0.5) is 4.79 Å². The summed E-state index contributed by atoms with van der Waals surface area (Å²) in [6.07, 6.45) is 3.19. The van der Waals surface area contributed by atoms with Crippen LogP contribution in [-0.4, -0.2) is 44.9 Å². The van der Waals surface area contributed by atoms with Gasteiger partial charge < -0.3 is 14.8 Å². The summed E-state index contributed by atoms with van der Waals surface area (Å²) in [4.78, 5) is 24.8. The Labute approximate surface area is 224 Å². The first kappa shape index (κ1) is 25.9. The van der Waals surface area contributed by atoms with Crippen LogP contribution in [0.5, 0.6) is 0 Å². The number of alkyl carbamates (subject to hydrolysis) is 1. The van der Waals surface area contributed by atoms with Crippen molar-refractivity contribution in [3.05, 3.63) is 75.8 Å². The van der Waals surface area contributed by atoms with Gasteiger partial charge in [0.25, 0.3) is 5.56 Å². The van der Waals surface area contributed by atoms with Crippen LogP contribution in [0.1, 0.15) is 37.6 Å². The highest BCUT2D eigenvalue weighted by Gasteiger charge is 2.20. The highest BCUT2D eigenvalue weighted by Crippen LogP contribution is 2.36. The van der Waals surface area contributed by atoms with E-state index in [2.05, 4.69) is 26.7 Å². The Kier molecular flexibility index (Phi) is 6.76. The fourth-order valence-corrected chi connectivity index (χ4v) is 4.59. The molecule has 0 atom stereocenters. The molecule has 3 heterocycles. The molecule has 1 aliphatic rings. The molecule has 0 saturated heterocycles. The number of rotatable bonds is 5. The van der Waals surface area contributed by atoms with Crippen molar-refractivity contribution in [1.29, 1.82) is 5.26 Å². The van der Waals surface area contributed by atoms with Gasteiger partial charge in [0.05, 0.1) is 54.4 Å². The van der Waals surface area contributed by atoms with Gasteiger partial charge in [0.2, 0.25) is 0 Å². The van der Waals surface area contributed by atoms with Crippen LogP contribution in [0.2, 0.25) is 0 Å². The number of aromatic nitrogens is 4. The molecule has 2 aromatic carbocycles. The molecule has 0 radical (unpaired) electrons. The van der Waals surface area contributed by atoms with Gasteiger partial charge in [0, 0.05) is 23.6 Å². The van der Waals surface area contributed by atoms with Gasteiger partial charge in [0.1, 0.15) is 5.60 Å². The molecular formula is C29H28N6O4. The maximum Gasteiger partial charge on any atom is 0.407 e. The molecule has 5 rings (SSSR count). The van der Waals surface area contributed by atoms with E-state index >= 15 is 0 Å². The van der Waals surface area contributed by atoms with E-state index in [1.54, 1.807) is 37.7 Å². The minimum Gasteiger partial charge on any atom is -0.444 e. The topological polar surface area (TPSA) is 135 Å². The molecule has 4 aromatic rings. The lowest BCUT2D eigenvalue weighted by atomic mass is 9.93. The third kappa shape index (κ3) is 5.30. The lowest BCUT2D eigenvalue weighted by molar-refractivity contribution is 0.0523. The number of carbonyl (C=O) groups excluding carboxylic acids is 1. The van der Waals surface area contributed by atoms with Crippen molar-refractivity contribution < 1.29 is 14.3 Å². The maximum atomic E-state index is 12.5. The van der Waals surface area contributed by atoms with E-state index in [1.165, 1.54) is 0 Å². The van der Waals surface area contributed by atoms with Gasteiger partial charge in [-0.3, -0.25) is 9.48 Å². The molecule has 2 aromatic heterocycles. The zero-order valence-electron chi connectivity index (χ0n) is 22.2. The molecule has 39 heavy (non-hydrogen) atoms. The maximum absolute atomic E-state index is 12.5. The molecule has 0 saturated carbocycles. The van der Waals surface area contributed by atoms with E-state index in [9.17, 15) is 14.9 Å². The second-order valence-electron chi connectivity index (χ2n) is 10.3. The van der Waals surface area contributed by atoms with Gasteiger partial charge in [-0.2, -0.15) is 15.5 Å². The molecule has 0 fully saturated rings. The smallest absolute Gasteiger partial charge is 0.407 e. The summed E-state index contributed by atoms with van der Waals surface area (Å²) in [5.41, 5.74) is 5.16. The number of nitriles is 1. The van der Waals surface area contributed by atoms with E-state index in [4.69, 9.17) is 9.47 Å². The Balaban J connectivity index is 1.58. The van der Waals surface area contributed by atoms with Crippen molar-refractivity contribution in [3.63, 3.8) is 0 Å². The zero-order chi connectivity index (χ0) is 27.7. The second kappa shape index (κ2) is 10.2. The summed E-state index contributed by atoms with van der Waals surface area (Å²) >= 11 is 0. The summed E-state index contributed by atoms with van der Waals surface area (Å²) < 4.78 is 12.6. The third-order valence-corrected chi connectivity index (χ3v) is 6.39. The Hall–Kier alpha value is -4.75. The Bertz CT molecular complexity index is 1720. The van der Waals surface area contributed by atoms with E-state index in [0.29, 0.717) is 35.2 Å². The summed E-state index contributed by atoms with van der Waals surface area (Å²) in [5, 5.41) is 24.8. The predicted molar refractivity (Wildman–Crippen MR) is 147 cm³/mol. The first-order valence-corrected chi connectivity index (χ1v) is 12.5. The van der Waals surface area contributed by atoms with Crippen LogP contribution in [0.25, 0.3) is 38.7 Å². The molecule has 0 spiro atoms. The van der Waals surface area contributed by atoms with Crippen molar-refractivity contribution in [2.45, 2.75) is 32.9 Å². The number of nitrogens with zero attached hydrogens (tertiary/aromatic N) is 4. The highest BCUT2D eigenvalue weighted by atomic mass is 16.6. The second-order valence-corrected chi connectivity index (χ2v) is 10.3. The summed E-state index contributed by atoms with van der Waals surface area (Å²) in [6, 6.07) is 13.4. The van der Waals surface area contributed by atoms with Gasteiger partial charge in [-0.05, 0) is 61.7 Å². The Morgan fingerprint density at radius 1 is 1.18 bits per heavy atom. The lowest BCUT2D eigenvalue weighted by Gasteiger charge is -2.19. The average Bonchev–Trinajstić information content (AvgIpc) is 3.57. The zero-order valence-corrected chi connectivity index (χ0v) is 22.2. The molecular weight excluding hydrogens is 496 g/mol. The van der Waals surface area contributed by atoms with E-state index in [0.717, 1.165) is 33.5 Å². The fraction of sp³-hybridized carbons (Fsp3) is 0.276. The van der Waals surface area contributed by atoms with Crippen molar-refractivity contribution in [2.75, 3.05) is 13.2 Å². The molecule has 198 valence electrons. The van der Waals surface area contributed by atoms with Gasteiger partial charge in [-0.25, -0.2) is 9.89 Å². The average molecular weight is 525 g/mol. The predicted octanol–water partition coefficient (Wildman–Crippen LogP) is 4.30. The van der Waals surface area contributed by atoms with Gasteiger partial charge in [-0.15, -0.1) is 0 Å². The number of aryl methyl sites for hydroxylation is 1. The number of fused-ring (bicyclic) bond motifs is 1. The summed E-state index contributed by atoms with van der Waals surface area (Å²) in [5.74, 6) is 0. The number of H-pyrrole nitrogens is 1. The number of amides is 1. The van der Waals surface area contributed by atoms with Gasteiger partial charge in [-0.1, -0.05) is 18.2 Å². The number of carbonyl (C=O) groups is 1. The van der Waals surface area contributed by atoms with E-state index in [1.807, 2.05) is 43.5 Å². The number of hydrogen-bond acceptors (Lipinski definition) is 7. The van der Waals surface area contributed by atoms with Crippen molar-refractivity contribution in [2.24, 2.45) is 7.05 Å². The fourth-order valence-electron chi connectivity index (χ4n) is 4.59. The molecule has 0 aliphatic carbocycles. The minimum atomic E-state index is -0.643. The summed E-state index contributed by atoms with van der Waals surface area (Å²) in [6.45, 7) is 6.49. The van der Waals surface area contributed by atoms with Crippen molar-refractivity contribution >= 4 is 22.4 Å². The van der Waals surface area contributed by atoms with Crippen LogP contribution in [0, 0.1) is 11.3 Å².